The summed E-state index contributed by atoms with van der Waals surface area (Å²) in [5, 5.41) is 8.58. The van der Waals surface area contributed by atoms with Crippen LogP contribution in [0.15, 0.2) is 29.2 Å². The van der Waals surface area contributed by atoms with E-state index >= 15 is 0 Å². The number of hydrogen-bond donors (Lipinski definition) is 2. The molecular formula is C17H28N2O4S. The van der Waals surface area contributed by atoms with Gasteiger partial charge in [0.2, 0.25) is 15.9 Å². The van der Waals surface area contributed by atoms with Gasteiger partial charge in [0.25, 0.3) is 0 Å². The van der Waals surface area contributed by atoms with Crippen molar-refractivity contribution in [1.29, 1.82) is 0 Å². The Kier molecular flexibility index (Phi) is 7.38. The zero-order chi connectivity index (χ0) is 18.4. The van der Waals surface area contributed by atoms with Gasteiger partial charge in [-0.25, -0.2) is 13.9 Å². The summed E-state index contributed by atoms with van der Waals surface area (Å²) in [6.45, 7) is 8.56. The van der Waals surface area contributed by atoms with Crippen LogP contribution in [0.5, 0.6) is 0 Å². The molecule has 136 valence electrons. The maximum absolute atomic E-state index is 12.8. The molecule has 1 amide bonds. The molecule has 0 aliphatic heterocycles. The van der Waals surface area contributed by atoms with Gasteiger partial charge in [-0.05, 0) is 29.5 Å². The van der Waals surface area contributed by atoms with Crippen LogP contribution >= 0.6 is 0 Å². The minimum absolute atomic E-state index is 0.0374. The van der Waals surface area contributed by atoms with Gasteiger partial charge in [0, 0.05) is 19.5 Å². The molecule has 0 atom stereocenters. The van der Waals surface area contributed by atoms with E-state index in [-0.39, 0.29) is 23.3 Å². The standard InChI is InChI=1S/C17H28N2O4S/c1-5-6-12-19(13-11-16(20)18-21)24(22,23)15-9-7-14(8-10-15)17(2,3)4/h7-10,21H,5-6,11-13H2,1-4H3,(H,18,20). The zero-order valence-electron chi connectivity index (χ0n) is 14.9. The van der Waals surface area contributed by atoms with Crippen LogP contribution in [0.3, 0.4) is 0 Å². The van der Waals surface area contributed by atoms with Crippen LogP contribution in [0.2, 0.25) is 0 Å². The number of amides is 1. The smallest absolute Gasteiger partial charge is 0.244 e. The minimum Gasteiger partial charge on any atom is -0.289 e. The largest absolute Gasteiger partial charge is 0.289 e. The molecule has 6 nitrogen and oxygen atoms in total. The predicted molar refractivity (Wildman–Crippen MR) is 93.4 cm³/mol. The summed E-state index contributed by atoms with van der Waals surface area (Å²) in [7, 11) is -3.67. The molecule has 0 unspecified atom stereocenters. The van der Waals surface area contributed by atoms with Crippen LogP contribution in [0.25, 0.3) is 0 Å². The van der Waals surface area contributed by atoms with E-state index in [2.05, 4.69) is 20.8 Å². The molecule has 7 heteroatoms. The van der Waals surface area contributed by atoms with Gasteiger partial charge in [0.05, 0.1) is 4.90 Å². The first kappa shape index (κ1) is 20.6. The highest BCUT2D eigenvalue weighted by Gasteiger charge is 2.25. The number of hydroxylamine groups is 1. The van der Waals surface area contributed by atoms with E-state index in [1.54, 1.807) is 12.1 Å². The van der Waals surface area contributed by atoms with Crippen LogP contribution in [0.4, 0.5) is 0 Å². The Hall–Kier alpha value is -1.44. The average molecular weight is 356 g/mol. The van der Waals surface area contributed by atoms with Gasteiger partial charge < -0.3 is 0 Å². The third-order valence-electron chi connectivity index (χ3n) is 3.83. The summed E-state index contributed by atoms with van der Waals surface area (Å²) in [6, 6.07) is 6.87. The lowest BCUT2D eigenvalue weighted by Crippen LogP contribution is -2.35. The summed E-state index contributed by atoms with van der Waals surface area (Å²) >= 11 is 0. The van der Waals surface area contributed by atoms with Gasteiger partial charge in [-0.1, -0.05) is 46.2 Å². The van der Waals surface area contributed by atoms with E-state index < -0.39 is 15.9 Å². The average Bonchev–Trinajstić information content (AvgIpc) is 2.53. The highest BCUT2D eigenvalue weighted by Crippen LogP contribution is 2.25. The Balaban J connectivity index is 3.03. The van der Waals surface area contributed by atoms with Crippen molar-refractivity contribution in [2.45, 2.75) is 57.3 Å². The maximum atomic E-state index is 12.8. The van der Waals surface area contributed by atoms with Crippen molar-refractivity contribution in [3.8, 4) is 0 Å². The van der Waals surface area contributed by atoms with Gasteiger partial charge in [-0.3, -0.25) is 10.0 Å². The lowest BCUT2D eigenvalue weighted by Gasteiger charge is -2.23. The van der Waals surface area contributed by atoms with Gasteiger partial charge in [0.1, 0.15) is 0 Å². The minimum atomic E-state index is -3.67. The van der Waals surface area contributed by atoms with Crippen molar-refractivity contribution < 1.29 is 18.4 Å². The van der Waals surface area contributed by atoms with Gasteiger partial charge >= 0.3 is 0 Å². The quantitative estimate of drug-likeness (QED) is 0.554. The Labute approximate surface area is 144 Å². The summed E-state index contributed by atoms with van der Waals surface area (Å²) < 4.78 is 27.0. The molecule has 0 heterocycles. The molecule has 1 aromatic carbocycles. The first-order valence-corrected chi connectivity index (χ1v) is 9.60. The monoisotopic (exact) mass is 356 g/mol. The molecule has 0 spiro atoms. The molecule has 24 heavy (non-hydrogen) atoms. The van der Waals surface area contributed by atoms with Crippen LogP contribution < -0.4 is 5.48 Å². The topological polar surface area (TPSA) is 86.7 Å². The van der Waals surface area contributed by atoms with Crippen molar-refractivity contribution in [1.82, 2.24) is 9.79 Å². The van der Waals surface area contributed by atoms with Crippen molar-refractivity contribution in [2.24, 2.45) is 0 Å². The van der Waals surface area contributed by atoms with Crippen LogP contribution in [0, 0.1) is 0 Å². The fourth-order valence-electron chi connectivity index (χ4n) is 2.24. The number of carbonyl (C=O) groups excluding carboxylic acids is 1. The van der Waals surface area contributed by atoms with Crippen molar-refractivity contribution in [2.75, 3.05) is 13.1 Å². The zero-order valence-corrected chi connectivity index (χ0v) is 15.7. The molecule has 0 saturated heterocycles. The van der Waals surface area contributed by atoms with E-state index in [9.17, 15) is 13.2 Å². The lowest BCUT2D eigenvalue weighted by atomic mass is 9.87. The summed E-state index contributed by atoms with van der Waals surface area (Å²) in [5.41, 5.74) is 2.54. The van der Waals surface area contributed by atoms with E-state index in [4.69, 9.17) is 5.21 Å². The molecular weight excluding hydrogens is 328 g/mol. The number of rotatable bonds is 8. The van der Waals surface area contributed by atoms with Crippen molar-refractivity contribution in [3.05, 3.63) is 29.8 Å². The third-order valence-corrected chi connectivity index (χ3v) is 5.75. The Morgan fingerprint density at radius 1 is 1.17 bits per heavy atom. The van der Waals surface area contributed by atoms with Gasteiger partial charge in [-0.2, -0.15) is 4.31 Å². The first-order chi connectivity index (χ1) is 11.1. The molecule has 0 aromatic heterocycles. The normalized spacial score (nSPS) is 12.4. The molecule has 1 aromatic rings. The molecule has 0 fully saturated rings. The SMILES string of the molecule is CCCCN(CCC(=O)NO)S(=O)(=O)c1ccc(C(C)(C)C)cc1. The fraction of sp³-hybridized carbons (Fsp3) is 0.588. The number of sulfonamides is 1. The van der Waals surface area contributed by atoms with Crippen molar-refractivity contribution in [3.63, 3.8) is 0 Å². The Morgan fingerprint density at radius 2 is 1.75 bits per heavy atom. The summed E-state index contributed by atoms with van der Waals surface area (Å²) in [6.07, 6.45) is 1.47. The number of unbranched alkanes of at least 4 members (excludes halogenated alkanes) is 1. The highest BCUT2D eigenvalue weighted by molar-refractivity contribution is 7.89. The molecule has 0 radical (unpaired) electrons. The molecule has 0 bridgehead atoms. The third kappa shape index (κ3) is 5.58. The molecule has 0 aliphatic rings. The van der Waals surface area contributed by atoms with E-state index in [0.717, 1.165) is 12.0 Å². The number of nitrogens with zero attached hydrogens (tertiary/aromatic N) is 1. The van der Waals surface area contributed by atoms with E-state index in [1.165, 1.54) is 9.79 Å². The number of hydrogen-bond acceptors (Lipinski definition) is 4. The molecule has 0 aliphatic carbocycles. The predicted octanol–water partition coefficient (Wildman–Crippen LogP) is 2.67. The van der Waals surface area contributed by atoms with Gasteiger partial charge in [0.15, 0.2) is 0 Å². The second kappa shape index (κ2) is 8.60. The maximum Gasteiger partial charge on any atom is 0.244 e. The van der Waals surface area contributed by atoms with Crippen LogP contribution in [0.1, 0.15) is 52.5 Å². The van der Waals surface area contributed by atoms with Crippen molar-refractivity contribution >= 4 is 15.9 Å². The number of nitrogens with one attached hydrogen (secondary N) is 1. The molecule has 1 rings (SSSR count). The molecule has 0 saturated carbocycles. The second-order valence-electron chi connectivity index (χ2n) is 6.82. The van der Waals surface area contributed by atoms with E-state index in [1.807, 2.05) is 19.1 Å². The van der Waals surface area contributed by atoms with Crippen LogP contribution in [-0.4, -0.2) is 36.9 Å². The number of benzene rings is 1. The number of carbonyl (C=O) groups is 1. The Morgan fingerprint density at radius 3 is 2.21 bits per heavy atom. The van der Waals surface area contributed by atoms with Crippen LogP contribution in [-0.2, 0) is 20.2 Å². The highest BCUT2D eigenvalue weighted by atomic mass is 32.2. The fourth-order valence-corrected chi connectivity index (χ4v) is 3.72. The van der Waals surface area contributed by atoms with Gasteiger partial charge in [-0.15, -0.1) is 0 Å². The first-order valence-electron chi connectivity index (χ1n) is 8.16. The second-order valence-corrected chi connectivity index (χ2v) is 8.75. The lowest BCUT2D eigenvalue weighted by molar-refractivity contribution is -0.129. The molecule has 2 N–H and O–H groups in total. The summed E-state index contributed by atoms with van der Waals surface area (Å²) in [5.74, 6) is -0.602. The van der Waals surface area contributed by atoms with E-state index in [0.29, 0.717) is 13.0 Å². The Bertz CT molecular complexity index is 634. The summed E-state index contributed by atoms with van der Waals surface area (Å²) in [4.78, 5) is 11.4.